The molecular formula is C25H27F3N2O. The average Bonchev–Trinajstić information content (AvgIpc) is 2.76. The van der Waals surface area contributed by atoms with Crippen molar-refractivity contribution in [2.75, 3.05) is 11.9 Å². The third-order valence-electron chi connectivity index (χ3n) is 6.47. The lowest BCUT2D eigenvalue weighted by Crippen LogP contribution is -2.54. The van der Waals surface area contributed by atoms with Gasteiger partial charge in [0.1, 0.15) is 0 Å². The molecule has 4 rings (SSSR count). The Kier molecular flexibility index (Phi) is 5.13. The van der Waals surface area contributed by atoms with E-state index in [-0.39, 0.29) is 6.42 Å². The van der Waals surface area contributed by atoms with Crippen molar-refractivity contribution in [2.24, 2.45) is 0 Å². The summed E-state index contributed by atoms with van der Waals surface area (Å²) in [6, 6.07) is 16.6. The molecule has 31 heavy (non-hydrogen) atoms. The smallest absolute Gasteiger partial charge is 0.381 e. The minimum Gasteiger partial charge on any atom is -0.381 e. The zero-order valence-corrected chi connectivity index (χ0v) is 17.7. The van der Waals surface area contributed by atoms with E-state index in [0.717, 1.165) is 35.0 Å². The lowest BCUT2D eigenvalue weighted by Gasteiger charge is -2.43. The van der Waals surface area contributed by atoms with Gasteiger partial charge in [0, 0.05) is 16.8 Å². The highest BCUT2D eigenvalue weighted by Crippen LogP contribution is 2.46. The molecule has 164 valence electrons. The molecule has 2 unspecified atom stereocenters. The van der Waals surface area contributed by atoms with Gasteiger partial charge in [0.2, 0.25) is 1.43 Å². The van der Waals surface area contributed by atoms with Crippen molar-refractivity contribution in [3.63, 3.8) is 0 Å². The molecule has 2 aromatic carbocycles. The molecule has 1 aliphatic carbocycles. The van der Waals surface area contributed by atoms with Crippen LogP contribution in [0.2, 0.25) is 0 Å². The fraction of sp³-hybridized carbons (Fsp3) is 0.400. The first-order valence-corrected chi connectivity index (χ1v) is 10.6. The number of aromatic nitrogens is 1. The van der Waals surface area contributed by atoms with Gasteiger partial charge in [-0.25, -0.2) is 0 Å². The van der Waals surface area contributed by atoms with Gasteiger partial charge >= 0.3 is 6.18 Å². The van der Waals surface area contributed by atoms with Crippen molar-refractivity contribution in [1.82, 2.24) is 4.98 Å². The number of nitrogens with zero attached hydrogens (tertiary/aromatic N) is 1. The van der Waals surface area contributed by atoms with Gasteiger partial charge in [-0.1, -0.05) is 37.3 Å². The van der Waals surface area contributed by atoms with Crippen LogP contribution in [0.25, 0.3) is 10.9 Å². The summed E-state index contributed by atoms with van der Waals surface area (Å²) in [5, 5.41) is 8.25. The first-order chi connectivity index (χ1) is 15.2. The van der Waals surface area contributed by atoms with Gasteiger partial charge in [-0.05, 0) is 73.4 Å². The second kappa shape index (κ2) is 7.83. The van der Waals surface area contributed by atoms with Crippen LogP contribution in [0.5, 0.6) is 0 Å². The lowest BCUT2D eigenvalue weighted by atomic mass is 9.66. The van der Waals surface area contributed by atoms with E-state index in [4.69, 9.17) is 1.43 Å². The number of pyridine rings is 1. The van der Waals surface area contributed by atoms with Crippen molar-refractivity contribution >= 4 is 16.6 Å². The van der Waals surface area contributed by atoms with Crippen molar-refractivity contribution < 1.29 is 18.3 Å². The largest absolute Gasteiger partial charge is 0.418 e. The van der Waals surface area contributed by atoms with Crippen LogP contribution >= 0.6 is 0 Å². The summed E-state index contributed by atoms with van der Waals surface area (Å²) < 4.78 is 50.9. The SMILES string of the molecule is [2H]OC(CNc1cccc2nc(C)ccc12)(CC1(C)CCCc2ccccc21)C(F)(F)F. The Labute approximate surface area is 181 Å². The molecule has 2 atom stereocenters. The van der Waals surface area contributed by atoms with E-state index in [1.165, 1.54) is 0 Å². The molecule has 0 spiro atoms. The zero-order chi connectivity index (χ0) is 23.0. The van der Waals surface area contributed by atoms with Gasteiger partial charge < -0.3 is 10.4 Å². The lowest BCUT2D eigenvalue weighted by molar-refractivity contribution is -0.261. The van der Waals surface area contributed by atoms with Crippen molar-refractivity contribution in [3.05, 3.63) is 71.4 Å². The fourth-order valence-corrected chi connectivity index (χ4v) is 4.86. The maximum Gasteiger partial charge on any atom is 0.418 e. The topological polar surface area (TPSA) is 45.1 Å². The molecule has 0 amide bonds. The fourth-order valence-electron chi connectivity index (χ4n) is 4.86. The average molecular weight is 430 g/mol. The first-order valence-electron chi connectivity index (χ1n) is 11.0. The number of rotatable bonds is 6. The van der Waals surface area contributed by atoms with Crippen LogP contribution in [0.15, 0.2) is 54.6 Å². The predicted molar refractivity (Wildman–Crippen MR) is 117 cm³/mol. The van der Waals surface area contributed by atoms with E-state index in [9.17, 15) is 13.2 Å². The molecule has 6 heteroatoms. The maximum absolute atomic E-state index is 14.4. The van der Waals surface area contributed by atoms with Gasteiger partial charge in [0.15, 0.2) is 5.60 Å². The molecule has 1 aliphatic rings. The van der Waals surface area contributed by atoms with Crippen LogP contribution in [0.3, 0.4) is 0 Å². The van der Waals surface area contributed by atoms with Gasteiger partial charge in [-0.2, -0.15) is 13.2 Å². The van der Waals surface area contributed by atoms with E-state index in [1.54, 1.807) is 12.1 Å². The third-order valence-corrected chi connectivity index (χ3v) is 6.47. The Hall–Kier alpha value is -2.60. The Morgan fingerprint density at radius 2 is 1.94 bits per heavy atom. The number of nitrogens with one attached hydrogen (secondary N) is 1. The highest BCUT2D eigenvalue weighted by molar-refractivity contribution is 5.91. The summed E-state index contributed by atoms with van der Waals surface area (Å²) in [6.45, 7) is 3.16. The first kappa shape index (κ1) is 20.3. The van der Waals surface area contributed by atoms with Gasteiger partial charge in [-0.15, -0.1) is 0 Å². The number of benzene rings is 2. The van der Waals surface area contributed by atoms with Crippen LogP contribution in [-0.4, -0.2) is 29.8 Å². The zero-order valence-electron chi connectivity index (χ0n) is 18.7. The van der Waals surface area contributed by atoms with Crippen LogP contribution in [0.1, 0.15) is 43.0 Å². The molecule has 0 saturated heterocycles. The van der Waals surface area contributed by atoms with Gasteiger partial charge in [-0.3, -0.25) is 4.98 Å². The second-order valence-electron chi connectivity index (χ2n) is 8.92. The number of fused-ring (bicyclic) bond motifs is 2. The normalized spacial score (nSPS) is 21.3. The summed E-state index contributed by atoms with van der Waals surface area (Å²) in [5.41, 5.74) is 0.657. The van der Waals surface area contributed by atoms with Crippen LogP contribution in [0.4, 0.5) is 18.9 Å². The van der Waals surface area contributed by atoms with E-state index >= 15 is 0 Å². The Morgan fingerprint density at radius 1 is 1.13 bits per heavy atom. The second-order valence-corrected chi connectivity index (χ2v) is 8.92. The number of halogens is 3. The molecular weight excluding hydrogens is 401 g/mol. The molecule has 3 nitrogen and oxygen atoms in total. The van der Waals surface area contributed by atoms with E-state index < -0.39 is 23.7 Å². The summed E-state index contributed by atoms with van der Waals surface area (Å²) in [6.07, 6.45) is -2.78. The number of anilines is 1. The highest BCUT2D eigenvalue weighted by Gasteiger charge is 2.57. The summed E-state index contributed by atoms with van der Waals surface area (Å²) in [4.78, 5) is 4.45. The summed E-state index contributed by atoms with van der Waals surface area (Å²) in [7, 11) is 0. The van der Waals surface area contributed by atoms with Crippen LogP contribution in [0, 0.1) is 6.92 Å². The number of hydrogen-bond donors (Lipinski definition) is 2. The van der Waals surface area contributed by atoms with E-state index in [1.807, 2.05) is 56.3 Å². The molecule has 0 aliphatic heterocycles. The van der Waals surface area contributed by atoms with Crippen molar-refractivity contribution in [1.29, 1.82) is 1.43 Å². The minimum absolute atomic E-state index is 0.334. The minimum atomic E-state index is -4.73. The van der Waals surface area contributed by atoms with Crippen LogP contribution < -0.4 is 5.32 Å². The molecule has 3 aromatic rings. The van der Waals surface area contributed by atoms with Crippen molar-refractivity contribution in [2.45, 2.75) is 56.7 Å². The van der Waals surface area contributed by atoms with Crippen LogP contribution in [-0.2, 0) is 11.8 Å². The van der Waals surface area contributed by atoms with Gasteiger partial charge in [0.05, 0.1) is 12.1 Å². The molecule has 0 radical (unpaired) electrons. The molecule has 1 heterocycles. The molecule has 1 aromatic heterocycles. The number of aryl methyl sites for hydroxylation is 2. The van der Waals surface area contributed by atoms with E-state index in [2.05, 4.69) is 15.4 Å². The Bertz CT molecular complexity index is 1120. The molecule has 0 bridgehead atoms. The number of aliphatic hydroxyl groups is 1. The molecule has 0 saturated carbocycles. The summed E-state index contributed by atoms with van der Waals surface area (Å²) >= 11 is 0. The van der Waals surface area contributed by atoms with E-state index in [0.29, 0.717) is 17.6 Å². The number of alkyl halides is 3. The van der Waals surface area contributed by atoms with Gasteiger partial charge in [0.25, 0.3) is 0 Å². The Morgan fingerprint density at radius 3 is 2.71 bits per heavy atom. The quantitative estimate of drug-likeness (QED) is 0.510. The summed E-state index contributed by atoms with van der Waals surface area (Å²) in [5.74, 6) is 0. The number of hydrogen-bond acceptors (Lipinski definition) is 3. The monoisotopic (exact) mass is 429 g/mol. The highest BCUT2D eigenvalue weighted by atomic mass is 19.4. The third kappa shape index (κ3) is 4.13. The molecule has 0 fully saturated rings. The maximum atomic E-state index is 14.4. The molecule has 2 N–H and O–H groups in total. The predicted octanol–water partition coefficient (Wildman–Crippen LogP) is 5.93. The Balaban J connectivity index is 1.68. The van der Waals surface area contributed by atoms with Crippen molar-refractivity contribution in [3.8, 4) is 0 Å². The standard InChI is InChI=1S/C25H27F3N2O/c1-17-12-13-19-21(10-5-11-22(19)30-17)29-16-24(31,25(26,27)28)15-23(2)14-6-8-18-7-3-4-9-20(18)23/h3-5,7,9-13,29,31H,6,8,14-16H2,1-2H3/i31D.